The third kappa shape index (κ3) is 3.44. The summed E-state index contributed by atoms with van der Waals surface area (Å²) in [7, 11) is 0. The lowest BCUT2D eigenvalue weighted by molar-refractivity contribution is 0.101. The van der Waals surface area contributed by atoms with Crippen molar-refractivity contribution in [3.8, 4) is 11.8 Å². The molecule has 8 nitrogen and oxygen atoms in total. The van der Waals surface area contributed by atoms with E-state index in [1.807, 2.05) is 6.07 Å². The molecule has 0 unspecified atom stereocenters. The molecule has 0 saturated carbocycles. The highest BCUT2D eigenvalue weighted by atomic mass is 16.3. The maximum atomic E-state index is 11.2. The number of Topliss-reactive ketones (excluding diaryl/α,β-unsaturated/α-hetero) is 1. The first-order valence-corrected chi connectivity index (χ1v) is 5.07. The fraction of sp³-hybridized carbons (Fsp3) is 0.0909. The van der Waals surface area contributed by atoms with Gasteiger partial charge in [0, 0.05) is 6.07 Å². The zero-order chi connectivity index (χ0) is 14.6. The summed E-state index contributed by atoms with van der Waals surface area (Å²) in [5.74, 6) is -1.24. The van der Waals surface area contributed by atoms with Crippen LogP contribution in [0.5, 0.6) is 5.75 Å². The van der Waals surface area contributed by atoms with Crippen molar-refractivity contribution in [3.05, 3.63) is 23.3 Å². The molecule has 0 atom stereocenters. The first kappa shape index (κ1) is 14.0. The lowest BCUT2D eigenvalue weighted by atomic mass is 10.1. The number of phenols is 1. The number of nitrogens with zero attached hydrogens (tertiary/aromatic N) is 3. The molecule has 0 aliphatic rings. The van der Waals surface area contributed by atoms with Crippen molar-refractivity contribution < 1.29 is 9.90 Å². The van der Waals surface area contributed by atoms with Crippen LogP contribution in [0, 0.1) is 11.3 Å². The van der Waals surface area contributed by atoms with E-state index < -0.39 is 0 Å². The van der Waals surface area contributed by atoms with Gasteiger partial charge in [0.25, 0.3) is 0 Å². The Bertz CT molecular complexity index is 623. The predicted octanol–water partition coefficient (Wildman–Crippen LogP) is -0.314. The first-order valence-electron chi connectivity index (χ1n) is 5.07. The topological polar surface area (TPSA) is 164 Å². The van der Waals surface area contributed by atoms with Crippen molar-refractivity contribution in [3.63, 3.8) is 0 Å². The van der Waals surface area contributed by atoms with Gasteiger partial charge in [0.2, 0.25) is 5.96 Å². The summed E-state index contributed by atoms with van der Waals surface area (Å²) >= 11 is 0. The van der Waals surface area contributed by atoms with Crippen LogP contribution in [0.1, 0.15) is 22.8 Å². The fourth-order valence-corrected chi connectivity index (χ4v) is 1.32. The van der Waals surface area contributed by atoms with Gasteiger partial charge in [-0.1, -0.05) is 0 Å². The molecule has 1 aromatic rings. The zero-order valence-electron chi connectivity index (χ0n) is 10.1. The summed E-state index contributed by atoms with van der Waals surface area (Å²) in [5.41, 5.74) is 15.8. The van der Waals surface area contributed by atoms with Crippen LogP contribution in [0.15, 0.2) is 22.1 Å². The molecule has 0 aliphatic carbocycles. The standard InChI is InChI=1S/C11H12N6O2/c1-5(18)7-2-6(4-12)8(3-9(7)19)16-11(15)17-10(13)14/h2-3,19H,1H3,(H6,13,14,15,16,17). The summed E-state index contributed by atoms with van der Waals surface area (Å²) in [6, 6.07) is 4.20. The Labute approximate surface area is 108 Å². The van der Waals surface area contributed by atoms with Crippen molar-refractivity contribution in [2.24, 2.45) is 27.2 Å². The second-order valence-corrected chi connectivity index (χ2v) is 3.56. The van der Waals surface area contributed by atoms with Crippen LogP contribution in [-0.4, -0.2) is 22.8 Å². The number of carbonyl (C=O) groups is 1. The number of aliphatic imine (C=N–C) groups is 2. The molecular formula is C11H12N6O2. The Balaban J connectivity index is 3.39. The Kier molecular flexibility index (Phi) is 4.05. The highest BCUT2D eigenvalue weighted by molar-refractivity contribution is 5.98. The van der Waals surface area contributed by atoms with Gasteiger partial charge in [0.05, 0.1) is 16.8 Å². The highest BCUT2D eigenvalue weighted by Crippen LogP contribution is 2.28. The predicted molar refractivity (Wildman–Crippen MR) is 69.9 cm³/mol. The molecule has 0 heterocycles. The molecule has 1 aromatic carbocycles. The zero-order valence-corrected chi connectivity index (χ0v) is 10.1. The van der Waals surface area contributed by atoms with Crippen LogP contribution in [-0.2, 0) is 0 Å². The normalized spacial score (nSPS) is 10.6. The molecule has 0 aromatic heterocycles. The molecule has 0 bridgehead atoms. The summed E-state index contributed by atoms with van der Waals surface area (Å²) in [6.45, 7) is 1.27. The molecule has 0 aliphatic heterocycles. The van der Waals surface area contributed by atoms with E-state index in [4.69, 9.17) is 22.5 Å². The number of carbonyl (C=O) groups excluding carboxylic acids is 1. The Morgan fingerprint density at radius 3 is 2.47 bits per heavy atom. The van der Waals surface area contributed by atoms with E-state index in [-0.39, 0.29) is 40.3 Å². The number of nitriles is 1. The Morgan fingerprint density at radius 2 is 2.00 bits per heavy atom. The number of ketones is 1. The first-order chi connectivity index (χ1) is 8.85. The second-order valence-electron chi connectivity index (χ2n) is 3.56. The van der Waals surface area contributed by atoms with Gasteiger partial charge in [-0.2, -0.15) is 10.3 Å². The van der Waals surface area contributed by atoms with Crippen LogP contribution in [0.3, 0.4) is 0 Å². The molecule has 0 spiro atoms. The summed E-state index contributed by atoms with van der Waals surface area (Å²) in [5, 5.41) is 18.6. The van der Waals surface area contributed by atoms with Crippen molar-refractivity contribution in [2.45, 2.75) is 6.92 Å². The van der Waals surface area contributed by atoms with E-state index in [2.05, 4.69) is 9.98 Å². The summed E-state index contributed by atoms with van der Waals surface area (Å²) in [6.07, 6.45) is 0. The summed E-state index contributed by atoms with van der Waals surface area (Å²) < 4.78 is 0. The van der Waals surface area contributed by atoms with Crippen LogP contribution in [0.2, 0.25) is 0 Å². The second kappa shape index (κ2) is 5.50. The van der Waals surface area contributed by atoms with Gasteiger partial charge < -0.3 is 22.3 Å². The minimum absolute atomic E-state index is 0.0240. The van der Waals surface area contributed by atoms with Crippen LogP contribution >= 0.6 is 0 Å². The van der Waals surface area contributed by atoms with Crippen LogP contribution in [0.25, 0.3) is 0 Å². The SMILES string of the molecule is CC(=O)c1cc(C#N)c(N=C(N)N=C(N)N)cc1O. The Hall–Kier alpha value is -3.08. The lowest BCUT2D eigenvalue weighted by Gasteiger charge is -2.04. The number of aromatic hydroxyl groups is 1. The number of hydrogen-bond donors (Lipinski definition) is 4. The molecule has 7 N–H and O–H groups in total. The monoisotopic (exact) mass is 260 g/mol. The van der Waals surface area contributed by atoms with Gasteiger partial charge in [0.15, 0.2) is 11.7 Å². The van der Waals surface area contributed by atoms with E-state index >= 15 is 0 Å². The number of phenolic OH excluding ortho intramolecular Hbond substituents is 1. The Morgan fingerprint density at radius 1 is 1.37 bits per heavy atom. The highest BCUT2D eigenvalue weighted by Gasteiger charge is 2.12. The van der Waals surface area contributed by atoms with Crippen molar-refractivity contribution in [2.75, 3.05) is 0 Å². The average Bonchev–Trinajstić information content (AvgIpc) is 2.27. The number of benzene rings is 1. The van der Waals surface area contributed by atoms with E-state index in [9.17, 15) is 9.90 Å². The number of guanidine groups is 2. The number of rotatable bonds is 2. The molecular weight excluding hydrogens is 248 g/mol. The van der Waals surface area contributed by atoms with Gasteiger partial charge >= 0.3 is 0 Å². The van der Waals surface area contributed by atoms with Crippen LogP contribution < -0.4 is 17.2 Å². The quantitative estimate of drug-likeness (QED) is 0.323. The largest absolute Gasteiger partial charge is 0.507 e. The molecule has 0 radical (unpaired) electrons. The molecule has 1 rings (SSSR count). The lowest BCUT2D eigenvalue weighted by Crippen LogP contribution is -2.26. The van der Waals surface area contributed by atoms with E-state index in [0.29, 0.717) is 0 Å². The van der Waals surface area contributed by atoms with Gasteiger partial charge in [-0.3, -0.25) is 4.79 Å². The van der Waals surface area contributed by atoms with E-state index in [1.165, 1.54) is 13.0 Å². The molecule has 98 valence electrons. The average molecular weight is 260 g/mol. The van der Waals surface area contributed by atoms with Gasteiger partial charge in [0.1, 0.15) is 11.8 Å². The summed E-state index contributed by atoms with van der Waals surface area (Å²) in [4.78, 5) is 18.5. The maximum absolute atomic E-state index is 11.2. The van der Waals surface area contributed by atoms with Gasteiger partial charge in [-0.25, -0.2) is 4.99 Å². The minimum atomic E-state index is -0.373. The maximum Gasteiger partial charge on any atom is 0.223 e. The van der Waals surface area contributed by atoms with E-state index in [0.717, 1.165) is 6.07 Å². The van der Waals surface area contributed by atoms with Crippen molar-refractivity contribution >= 4 is 23.4 Å². The van der Waals surface area contributed by atoms with Gasteiger partial charge in [-0.15, -0.1) is 0 Å². The molecule has 8 heteroatoms. The minimum Gasteiger partial charge on any atom is -0.507 e. The van der Waals surface area contributed by atoms with Crippen LogP contribution in [0.4, 0.5) is 5.69 Å². The van der Waals surface area contributed by atoms with Crippen molar-refractivity contribution in [1.82, 2.24) is 0 Å². The van der Waals surface area contributed by atoms with E-state index in [1.54, 1.807) is 0 Å². The smallest absolute Gasteiger partial charge is 0.223 e. The molecule has 0 fully saturated rings. The fourth-order valence-electron chi connectivity index (χ4n) is 1.32. The molecule has 0 saturated heterocycles. The van der Waals surface area contributed by atoms with Gasteiger partial charge in [-0.05, 0) is 13.0 Å². The third-order valence-electron chi connectivity index (χ3n) is 2.09. The molecule has 19 heavy (non-hydrogen) atoms. The number of hydrogen-bond acceptors (Lipinski definition) is 4. The van der Waals surface area contributed by atoms with Crippen molar-refractivity contribution in [1.29, 1.82) is 5.26 Å². The molecule has 0 amide bonds. The third-order valence-corrected chi connectivity index (χ3v) is 2.09. The number of nitrogens with two attached hydrogens (primary N) is 3.